The normalized spacial score (nSPS) is 10.2. The molecule has 0 spiro atoms. The molecule has 0 aliphatic carbocycles. The van der Waals surface area contributed by atoms with Crippen LogP contribution in [0.15, 0.2) is 36.4 Å². The molecule has 2 aromatic rings. The van der Waals surface area contributed by atoms with Crippen molar-refractivity contribution in [2.24, 2.45) is 5.73 Å². The maximum Gasteiger partial charge on any atom is 0.146 e. The Balaban J connectivity index is 2.45. The molecule has 0 atom stereocenters. The van der Waals surface area contributed by atoms with Crippen molar-refractivity contribution in [2.45, 2.75) is 6.92 Å². The minimum atomic E-state index is -0.0774. The molecule has 0 aliphatic heterocycles. The molecule has 4 nitrogen and oxygen atoms in total. The van der Waals surface area contributed by atoms with Crippen LogP contribution in [0.5, 0.6) is 17.2 Å². The summed E-state index contributed by atoms with van der Waals surface area (Å²) in [5.41, 5.74) is 7.07. The molecule has 0 aromatic heterocycles. The first-order chi connectivity index (χ1) is 9.51. The van der Waals surface area contributed by atoms with Crippen LogP contribution in [0.2, 0.25) is 5.02 Å². The van der Waals surface area contributed by atoms with Gasteiger partial charge in [0.25, 0.3) is 0 Å². The third kappa shape index (κ3) is 3.03. The number of nitrogen functional groups attached to an aromatic ring is 1. The Kier molecular flexibility index (Phi) is 4.15. The molecule has 20 heavy (non-hydrogen) atoms. The number of aryl methyl sites for hydroxylation is 1. The molecule has 2 aromatic carbocycles. The van der Waals surface area contributed by atoms with E-state index in [0.29, 0.717) is 27.8 Å². The third-order valence-electron chi connectivity index (χ3n) is 2.79. The van der Waals surface area contributed by atoms with E-state index < -0.39 is 0 Å². The van der Waals surface area contributed by atoms with E-state index in [1.54, 1.807) is 31.4 Å². The van der Waals surface area contributed by atoms with Crippen LogP contribution in [0.1, 0.15) is 11.1 Å². The first-order valence-electron chi connectivity index (χ1n) is 5.97. The van der Waals surface area contributed by atoms with Gasteiger partial charge in [0, 0.05) is 6.07 Å². The summed E-state index contributed by atoms with van der Waals surface area (Å²) in [5.74, 6) is 1.49. The van der Waals surface area contributed by atoms with Crippen LogP contribution < -0.4 is 15.2 Å². The van der Waals surface area contributed by atoms with Gasteiger partial charge in [-0.3, -0.25) is 5.41 Å². The molecule has 5 heteroatoms. The largest absolute Gasteiger partial charge is 0.497 e. The third-order valence-corrected chi connectivity index (χ3v) is 3.10. The molecule has 0 heterocycles. The average Bonchev–Trinajstić information content (AvgIpc) is 2.42. The Hall–Kier alpha value is -2.20. The Morgan fingerprint density at radius 2 is 1.90 bits per heavy atom. The van der Waals surface area contributed by atoms with Crippen LogP contribution in [0.3, 0.4) is 0 Å². The van der Waals surface area contributed by atoms with Crippen molar-refractivity contribution in [1.82, 2.24) is 0 Å². The SMILES string of the molecule is COc1ccc(C(=N)N)c(Oc2cc(C)ccc2Cl)c1. The molecule has 104 valence electrons. The number of halogens is 1. The lowest BCUT2D eigenvalue weighted by Crippen LogP contribution is -2.12. The minimum Gasteiger partial charge on any atom is -0.497 e. The van der Waals surface area contributed by atoms with Crippen molar-refractivity contribution < 1.29 is 9.47 Å². The Morgan fingerprint density at radius 3 is 2.55 bits per heavy atom. The molecule has 0 saturated heterocycles. The molecular weight excluding hydrogens is 276 g/mol. The number of amidine groups is 1. The van der Waals surface area contributed by atoms with E-state index in [1.165, 1.54) is 0 Å². The summed E-state index contributed by atoms with van der Waals surface area (Å²) in [6.45, 7) is 1.95. The van der Waals surface area contributed by atoms with Gasteiger partial charge in [-0.15, -0.1) is 0 Å². The van der Waals surface area contributed by atoms with E-state index in [0.717, 1.165) is 5.56 Å². The number of nitrogens with one attached hydrogen (secondary N) is 1. The summed E-state index contributed by atoms with van der Waals surface area (Å²) in [5, 5.41) is 8.08. The maximum absolute atomic E-state index is 7.59. The number of hydrogen-bond acceptors (Lipinski definition) is 3. The van der Waals surface area contributed by atoms with Gasteiger partial charge in [0.2, 0.25) is 0 Å². The number of nitrogens with two attached hydrogens (primary N) is 1. The number of methoxy groups -OCH3 is 1. The van der Waals surface area contributed by atoms with Crippen LogP contribution in [0.4, 0.5) is 0 Å². The smallest absolute Gasteiger partial charge is 0.146 e. The predicted molar refractivity (Wildman–Crippen MR) is 80.3 cm³/mol. The predicted octanol–water partition coefficient (Wildman–Crippen LogP) is 3.73. The molecule has 0 fully saturated rings. The van der Waals surface area contributed by atoms with Crippen LogP contribution in [-0.4, -0.2) is 12.9 Å². The second-order valence-corrected chi connectivity index (χ2v) is 4.72. The fraction of sp³-hybridized carbons (Fsp3) is 0.133. The highest BCUT2D eigenvalue weighted by molar-refractivity contribution is 6.32. The second-order valence-electron chi connectivity index (χ2n) is 4.31. The maximum atomic E-state index is 7.59. The van der Waals surface area contributed by atoms with Gasteiger partial charge in [-0.2, -0.15) is 0 Å². The highest BCUT2D eigenvalue weighted by atomic mass is 35.5. The fourth-order valence-electron chi connectivity index (χ4n) is 1.74. The van der Waals surface area contributed by atoms with Gasteiger partial charge in [-0.05, 0) is 36.8 Å². The first kappa shape index (κ1) is 14.2. The van der Waals surface area contributed by atoms with E-state index in [-0.39, 0.29) is 5.84 Å². The molecule has 0 bridgehead atoms. The van der Waals surface area contributed by atoms with Crippen molar-refractivity contribution in [3.63, 3.8) is 0 Å². The zero-order chi connectivity index (χ0) is 14.7. The summed E-state index contributed by atoms with van der Waals surface area (Å²) >= 11 is 6.11. The Bertz CT molecular complexity index is 656. The number of benzene rings is 2. The summed E-state index contributed by atoms with van der Waals surface area (Å²) in [6.07, 6.45) is 0. The summed E-state index contributed by atoms with van der Waals surface area (Å²) in [4.78, 5) is 0. The van der Waals surface area contributed by atoms with Crippen LogP contribution in [0, 0.1) is 12.3 Å². The Morgan fingerprint density at radius 1 is 1.15 bits per heavy atom. The molecule has 0 saturated carbocycles. The topological polar surface area (TPSA) is 68.3 Å². The van der Waals surface area contributed by atoms with Crippen molar-refractivity contribution in [2.75, 3.05) is 7.11 Å². The highest BCUT2D eigenvalue weighted by Crippen LogP contribution is 2.33. The van der Waals surface area contributed by atoms with E-state index in [2.05, 4.69) is 0 Å². The zero-order valence-electron chi connectivity index (χ0n) is 11.2. The van der Waals surface area contributed by atoms with E-state index in [4.69, 9.17) is 32.2 Å². The molecule has 0 radical (unpaired) electrons. The van der Waals surface area contributed by atoms with Crippen LogP contribution >= 0.6 is 11.6 Å². The lowest BCUT2D eigenvalue weighted by atomic mass is 10.1. The number of ether oxygens (including phenoxy) is 2. The molecule has 2 rings (SSSR count). The van der Waals surface area contributed by atoms with E-state index in [1.807, 2.05) is 19.1 Å². The van der Waals surface area contributed by atoms with Crippen molar-refractivity contribution in [3.8, 4) is 17.2 Å². The van der Waals surface area contributed by atoms with Crippen molar-refractivity contribution in [1.29, 1.82) is 5.41 Å². The quantitative estimate of drug-likeness (QED) is 0.666. The minimum absolute atomic E-state index is 0.0774. The van der Waals surface area contributed by atoms with Gasteiger partial charge < -0.3 is 15.2 Å². The highest BCUT2D eigenvalue weighted by Gasteiger charge is 2.11. The second kappa shape index (κ2) is 5.84. The van der Waals surface area contributed by atoms with Crippen LogP contribution in [-0.2, 0) is 0 Å². The lowest BCUT2D eigenvalue weighted by molar-refractivity contribution is 0.409. The van der Waals surface area contributed by atoms with Gasteiger partial charge >= 0.3 is 0 Å². The molecule has 3 N–H and O–H groups in total. The van der Waals surface area contributed by atoms with Gasteiger partial charge in [-0.25, -0.2) is 0 Å². The fourth-order valence-corrected chi connectivity index (χ4v) is 1.90. The number of hydrogen-bond donors (Lipinski definition) is 2. The van der Waals surface area contributed by atoms with Crippen LogP contribution in [0.25, 0.3) is 0 Å². The zero-order valence-corrected chi connectivity index (χ0v) is 12.0. The molecular formula is C15H15ClN2O2. The first-order valence-corrected chi connectivity index (χ1v) is 6.35. The lowest BCUT2D eigenvalue weighted by Gasteiger charge is -2.13. The monoisotopic (exact) mass is 290 g/mol. The van der Waals surface area contributed by atoms with Crippen molar-refractivity contribution in [3.05, 3.63) is 52.5 Å². The van der Waals surface area contributed by atoms with Gasteiger partial charge in [-0.1, -0.05) is 17.7 Å². The van der Waals surface area contributed by atoms with Gasteiger partial charge in [0.1, 0.15) is 23.1 Å². The molecule has 0 unspecified atom stereocenters. The van der Waals surface area contributed by atoms with Crippen molar-refractivity contribution >= 4 is 17.4 Å². The average molecular weight is 291 g/mol. The standard InChI is InChI=1S/C15H15ClN2O2/c1-9-3-6-12(16)14(7-9)20-13-8-10(19-2)4-5-11(13)15(17)18/h3-8H,1-2H3,(H3,17,18). The summed E-state index contributed by atoms with van der Waals surface area (Å²) in [6, 6.07) is 10.6. The van der Waals surface area contributed by atoms with Gasteiger partial charge in [0.05, 0.1) is 17.7 Å². The molecule has 0 amide bonds. The van der Waals surface area contributed by atoms with E-state index >= 15 is 0 Å². The summed E-state index contributed by atoms with van der Waals surface area (Å²) in [7, 11) is 1.56. The molecule has 0 aliphatic rings. The number of rotatable bonds is 4. The van der Waals surface area contributed by atoms with Gasteiger partial charge in [0.15, 0.2) is 0 Å². The summed E-state index contributed by atoms with van der Waals surface area (Å²) < 4.78 is 10.9. The Labute approximate surface area is 122 Å². The van der Waals surface area contributed by atoms with E-state index in [9.17, 15) is 0 Å².